The van der Waals surface area contributed by atoms with E-state index in [0.29, 0.717) is 5.92 Å². The van der Waals surface area contributed by atoms with E-state index in [4.69, 9.17) is 0 Å². The summed E-state index contributed by atoms with van der Waals surface area (Å²) in [4.78, 5) is 9.99. The van der Waals surface area contributed by atoms with Crippen LogP contribution in [0.15, 0.2) is 0 Å². The zero-order valence-electron chi connectivity index (χ0n) is 4.26. The average Bonchev–Trinajstić information content (AvgIpc) is 2.14. The first-order chi connectivity index (χ1) is 3.43. The standard InChI is InChI=1S/C5H8BO/c7-4-5-1-2-6-3-5/h4-5H,1-3H2. The van der Waals surface area contributed by atoms with Crippen molar-refractivity contribution in [3.8, 4) is 0 Å². The van der Waals surface area contributed by atoms with Crippen molar-refractivity contribution in [1.29, 1.82) is 0 Å². The van der Waals surface area contributed by atoms with E-state index < -0.39 is 0 Å². The van der Waals surface area contributed by atoms with Crippen molar-refractivity contribution in [2.75, 3.05) is 0 Å². The SMILES string of the molecule is O=CC1C[B]CC1. The summed E-state index contributed by atoms with van der Waals surface area (Å²) in [6, 6.07) is 0. The second-order valence-corrected chi connectivity index (χ2v) is 2.00. The fraction of sp³-hybridized carbons (Fsp3) is 0.800. The van der Waals surface area contributed by atoms with E-state index in [1.165, 1.54) is 0 Å². The highest BCUT2D eigenvalue weighted by atomic mass is 16.1. The average molecular weight is 94.9 g/mol. The number of hydrogen-bond donors (Lipinski definition) is 0. The van der Waals surface area contributed by atoms with Gasteiger partial charge >= 0.3 is 0 Å². The molecule has 0 bridgehead atoms. The quantitative estimate of drug-likeness (QED) is 0.346. The van der Waals surface area contributed by atoms with Crippen LogP contribution in [-0.4, -0.2) is 13.6 Å². The molecule has 2 heteroatoms. The number of hydrogen-bond acceptors (Lipinski definition) is 1. The topological polar surface area (TPSA) is 17.1 Å². The first-order valence-corrected chi connectivity index (χ1v) is 2.70. The van der Waals surface area contributed by atoms with Gasteiger partial charge in [-0.15, -0.1) is 0 Å². The highest BCUT2D eigenvalue weighted by Crippen LogP contribution is 2.17. The fourth-order valence-corrected chi connectivity index (χ4v) is 0.905. The van der Waals surface area contributed by atoms with Gasteiger partial charge in [0.1, 0.15) is 13.6 Å². The van der Waals surface area contributed by atoms with Crippen LogP contribution in [0.5, 0.6) is 0 Å². The van der Waals surface area contributed by atoms with Gasteiger partial charge in [-0.3, -0.25) is 0 Å². The van der Waals surface area contributed by atoms with Crippen LogP contribution in [0.2, 0.25) is 12.6 Å². The Bertz CT molecular complexity index is 66.5. The van der Waals surface area contributed by atoms with Gasteiger partial charge in [-0.05, 0) is 0 Å². The van der Waals surface area contributed by atoms with Crippen molar-refractivity contribution < 1.29 is 4.79 Å². The number of carbonyl (C=O) groups is 1. The molecule has 0 aromatic carbocycles. The third-order valence-corrected chi connectivity index (χ3v) is 1.40. The van der Waals surface area contributed by atoms with Gasteiger partial charge in [0.15, 0.2) is 0 Å². The Morgan fingerprint density at radius 2 is 2.57 bits per heavy atom. The molecule has 1 saturated heterocycles. The van der Waals surface area contributed by atoms with E-state index in [-0.39, 0.29) is 0 Å². The van der Waals surface area contributed by atoms with Crippen LogP contribution in [0.1, 0.15) is 6.42 Å². The summed E-state index contributed by atoms with van der Waals surface area (Å²) in [7, 11) is 2.18. The van der Waals surface area contributed by atoms with Crippen LogP contribution in [0, 0.1) is 5.92 Å². The van der Waals surface area contributed by atoms with Crippen LogP contribution < -0.4 is 0 Å². The smallest absolute Gasteiger partial charge is 0.122 e. The summed E-state index contributed by atoms with van der Waals surface area (Å²) in [5, 5.41) is 0. The molecule has 1 aliphatic rings. The molecule has 0 N–H and O–H groups in total. The molecule has 0 aromatic heterocycles. The lowest BCUT2D eigenvalue weighted by atomic mass is 9.76. The Morgan fingerprint density at radius 1 is 1.71 bits per heavy atom. The number of rotatable bonds is 1. The zero-order valence-corrected chi connectivity index (χ0v) is 4.26. The van der Waals surface area contributed by atoms with Crippen LogP contribution in [-0.2, 0) is 4.79 Å². The maximum atomic E-state index is 9.99. The maximum Gasteiger partial charge on any atom is 0.122 e. The van der Waals surface area contributed by atoms with E-state index in [2.05, 4.69) is 7.28 Å². The van der Waals surface area contributed by atoms with Crippen LogP contribution in [0.4, 0.5) is 0 Å². The van der Waals surface area contributed by atoms with E-state index in [0.717, 1.165) is 25.3 Å². The Morgan fingerprint density at radius 3 is 2.86 bits per heavy atom. The molecule has 1 fully saturated rings. The molecule has 1 heterocycles. The summed E-state index contributed by atoms with van der Waals surface area (Å²) < 4.78 is 0. The predicted molar refractivity (Wildman–Crippen MR) is 29.5 cm³/mol. The number of aldehydes is 1. The van der Waals surface area contributed by atoms with Crippen molar-refractivity contribution >= 4 is 13.6 Å². The molecular weight excluding hydrogens is 86.9 g/mol. The van der Waals surface area contributed by atoms with E-state index >= 15 is 0 Å². The zero-order chi connectivity index (χ0) is 5.11. The van der Waals surface area contributed by atoms with Crippen molar-refractivity contribution in [3.63, 3.8) is 0 Å². The van der Waals surface area contributed by atoms with Gasteiger partial charge in [0, 0.05) is 5.92 Å². The van der Waals surface area contributed by atoms with Gasteiger partial charge < -0.3 is 4.79 Å². The minimum atomic E-state index is 0.361. The molecule has 0 aromatic rings. The van der Waals surface area contributed by atoms with Crippen LogP contribution in [0.3, 0.4) is 0 Å². The van der Waals surface area contributed by atoms with Gasteiger partial charge in [-0.2, -0.15) is 0 Å². The summed E-state index contributed by atoms with van der Waals surface area (Å²) in [6.07, 6.45) is 4.31. The van der Waals surface area contributed by atoms with Gasteiger partial charge in [0.05, 0.1) is 0 Å². The highest BCUT2D eigenvalue weighted by Gasteiger charge is 2.13. The van der Waals surface area contributed by atoms with Crippen molar-refractivity contribution in [1.82, 2.24) is 0 Å². The van der Waals surface area contributed by atoms with Crippen molar-refractivity contribution in [3.05, 3.63) is 0 Å². The fourth-order valence-electron chi connectivity index (χ4n) is 0.905. The van der Waals surface area contributed by atoms with Crippen LogP contribution in [0.25, 0.3) is 0 Å². The Kier molecular flexibility index (Phi) is 1.50. The molecule has 1 nitrogen and oxygen atoms in total. The van der Waals surface area contributed by atoms with E-state index in [1.54, 1.807) is 0 Å². The first kappa shape index (κ1) is 4.88. The molecule has 0 amide bonds. The lowest BCUT2D eigenvalue weighted by Crippen LogP contribution is -1.91. The third-order valence-electron chi connectivity index (χ3n) is 1.40. The van der Waals surface area contributed by atoms with Crippen molar-refractivity contribution in [2.24, 2.45) is 5.92 Å². The Labute approximate surface area is 44.3 Å². The van der Waals surface area contributed by atoms with Gasteiger partial charge in [0.2, 0.25) is 0 Å². The minimum Gasteiger partial charge on any atom is -0.303 e. The summed E-state index contributed by atoms with van der Waals surface area (Å²) in [5.41, 5.74) is 0. The first-order valence-electron chi connectivity index (χ1n) is 2.70. The molecule has 37 valence electrons. The largest absolute Gasteiger partial charge is 0.303 e. The second kappa shape index (κ2) is 2.15. The van der Waals surface area contributed by atoms with Gasteiger partial charge in [-0.25, -0.2) is 0 Å². The van der Waals surface area contributed by atoms with Gasteiger partial charge in [0.25, 0.3) is 0 Å². The Hall–Kier alpha value is -0.265. The normalized spacial score (nSPS) is 29.4. The molecule has 7 heavy (non-hydrogen) atoms. The van der Waals surface area contributed by atoms with E-state index in [9.17, 15) is 4.79 Å². The van der Waals surface area contributed by atoms with E-state index in [1.807, 2.05) is 0 Å². The van der Waals surface area contributed by atoms with Crippen molar-refractivity contribution in [2.45, 2.75) is 19.1 Å². The summed E-state index contributed by atoms with van der Waals surface area (Å²) >= 11 is 0. The molecule has 1 aliphatic heterocycles. The third kappa shape index (κ3) is 1.05. The lowest BCUT2D eigenvalue weighted by molar-refractivity contribution is -0.110. The maximum absolute atomic E-state index is 9.99. The van der Waals surface area contributed by atoms with Gasteiger partial charge in [-0.1, -0.05) is 19.1 Å². The molecular formula is C5H8BO. The summed E-state index contributed by atoms with van der Waals surface area (Å²) in [6.45, 7) is 0. The molecule has 0 aliphatic carbocycles. The molecule has 0 spiro atoms. The molecule has 1 unspecified atom stereocenters. The minimum absolute atomic E-state index is 0.361. The highest BCUT2D eigenvalue weighted by molar-refractivity contribution is 6.37. The molecule has 1 radical (unpaired) electrons. The number of carbonyl (C=O) groups excluding carboxylic acids is 1. The predicted octanol–water partition coefficient (Wildman–Crippen LogP) is 0.746. The molecule has 1 atom stereocenters. The molecule has 0 saturated carbocycles. The Balaban J connectivity index is 2.26. The monoisotopic (exact) mass is 95.1 g/mol. The molecule has 1 rings (SSSR count). The second-order valence-electron chi connectivity index (χ2n) is 2.00. The summed E-state index contributed by atoms with van der Waals surface area (Å²) in [5.74, 6) is 0.361. The van der Waals surface area contributed by atoms with Crippen LogP contribution >= 0.6 is 0 Å². The lowest BCUT2D eigenvalue weighted by Gasteiger charge is -1.91.